The summed E-state index contributed by atoms with van der Waals surface area (Å²) >= 11 is 0. The minimum absolute atomic E-state index is 0.0213. The number of aromatic carboxylic acids is 1. The van der Waals surface area contributed by atoms with Gasteiger partial charge < -0.3 is 9.84 Å². The normalized spacial score (nSPS) is 9.40. The zero-order valence-corrected chi connectivity index (χ0v) is 7.76. The summed E-state index contributed by atoms with van der Waals surface area (Å²) in [6.45, 7) is 0. The molecular formula is C9H7NO5. The molecule has 0 atom stereocenters. The van der Waals surface area contributed by atoms with Gasteiger partial charge in [-0.15, -0.1) is 0 Å². The molecule has 0 aliphatic rings. The van der Waals surface area contributed by atoms with E-state index in [9.17, 15) is 14.4 Å². The number of ether oxygens (including phenoxy) is 1. The Labute approximate surface area is 84.5 Å². The van der Waals surface area contributed by atoms with Gasteiger partial charge in [-0.3, -0.25) is 4.79 Å². The predicted octanol–water partition coefficient (Wildman–Crippen LogP) is 0.379. The molecule has 0 aromatic carbocycles. The maximum Gasteiger partial charge on any atom is 0.354 e. The van der Waals surface area contributed by atoms with Crippen molar-refractivity contribution in [3.05, 3.63) is 29.1 Å². The van der Waals surface area contributed by atoms with E-state index < -0.39 is 11.9 Å². The number of carboxylic acids is 1. The second kappa shape index (κ2) is 4.32. The van der Waals surface area contributed by atoms with E-state index in [4.69, 9.17) is 5.11 Å². The van der Waals surface area contributed by atoms with Crippen molar-refractivity contribution in [2.75, 3.05) is 7.11 Å². The van der Waals surface area contributed by atoms with Gasteiger partial charge in [-0.25, -0.2) is 14.6 Å². The first-order chi connectivity index (χ1) is 7.08. The number of carbonyl (C=O) groups is 3. The van der Waals surface area contributed by atoms with Gasteiger partial charge in [0.25, 0.3) is 0 Å². The number of carboxylic acid groups (broad SMARTS) is 1. The van der Waals surface area contributed by atoms with Crippen LogP contribution in [0.25, 0.3) is 0 Å². The summed E-state index contributed by atoms with van der Waals surface area (Å²) in [4.78, 5) is 35.6. The number of rotatable bonds is 3. The Kier molecular flexibility index (Phi) is 3.12. The van der Waals surface area contributed by atoms with Crippen LogP contribution < -0.4 is 0 Å². The Balaban J connectivity index is 3.28. The number of methoxy groups -OCH3 is 1. The highest BCUT2D eigenvalue weighted by Crippen LogP contribution is 2.06. The molecule has 15 heavy (non-hydrogen) atoms. The summed E-state index contributed by atoms with van der Waals surface area (Å²) in [7, 11) is 1.16. The molecule has 0 unspecified atom stereocenters. The van der Waals surface area contributed by atoms with Crippen molar-refractivity contribution in [3.63, 3.8) is 0 Å². The number of nitrogens with zero attached hydrogens (tertiary/aromatic N) is 1. The average Bonchev–Trinajstić information content (AvgIpc) is 2.27. The van der Waals surface area contributed by atoms with Gasteiger partial charge in [0.1, 0.15) is 11.4 Å². The second-order valence-corrected chi connectivity index (χ2v) is 2.58. The fourth-order valence-corrected chi connectivity index (χ4v) is 0.958. The molecule has 0 spiro atoms. The highest BCUT2D eigenvalue weighted by molar-refractivity contribution is 5.95. The number of hydrogen-bond donors (Lipinski definition) is 1. The van der Waals surface area contributed by atoms with Crippen LogP contribution in [0.2, 0.25) is 0 Å². The molecule has 1 aromatic heterocycles. The van der Waals surface area contributed by atoms with Crippen LogP contribution in [0, 0.1) is 0 Å². The first-order valence-electron chi connectivity index (χ1n) is 3.87. The van der Waals surface area contributed by atoms with Crippen LogP contribution in [0.1, 0.15) is 31.3 Å². The Bertz CT molecular complexity index is 427. The van der Waals surface area contributed by atoms with Gasteiger partial charge in [-0.2, -0.15) is 0 Å². The number of hydrogen-bond acceptors (Lipinski definition) is 5. The zero-order valence-electron chi connectivity index (χ0n) is 7.76. The van der Waals surface area contributed by atoms with E-state index in [2.05, 4.69) is 9.72 Å². The van der Waals surface area contributed by atoms with Crippen LogP contribution >= 0.6 is 0 Å². The summed E-state index contributed by atoms with van der Waals surface area (Å²) in [6, 6.07) is 2.20. The smallest absolute Gasteiger partial charge is 0.354 e. The first kappa shape index (κ1) is 10.8. The lowest BCUT2D eigenvalue weighted by Crippen LogP contribution is -2.08. The van der Waals surface area contributed by atoms with Crippen LogP contribution in [0.4, 0.5) is 0 Å². The van der Waals surface area contributed by atoms with E-state index in [0.29, 0.717) is 6.29 Å². The molecular weight excluding hydrogens is 202 g/mol. The molecule has 0 fully saturated rings. The molecule has 78 valence electrons. The molecule has 0 aliphatic carbocycles. The van der Waals surface area contributed by atoms with E-state index in [1.54, 1.807) is 0 Å². The SMILES string of the molecule is COC(=O)c1cc(C=O)nc(C(=O)O)c1. The van der Waals surface area contributed by atoms with Gasteiger partial charge in [-0.1, -0.05) is 0 Å². The molecule has 0 radical (unpaired) electrons. The molecule has 1 aromatic rings. The molecule has 1 N–H and O–H groups in total. The summed E-state index contributed by atoms with van der Waals surface area (Å²) in [5.74, 6) is -2.04. The number of pyridine rings is 1. The van der Waals surface area contributed by atoms with Gasteiger partial charge in [-0.05, 0) is 12.1 Å². The van der Waals surface area contributed by atoms with Gasteiger partial charge in [0, 0.05) is 0 Å². The Hall–Kier alpha value is -2.24. The minimum atomic E-state index is -1.32. The molecule has 0 bridgehead atoms. The predicted molar refractivity (Wildman–Crippen MR) is 47.9 cm³/mol. The highest BCUT2D eigenvalue weighted by atomic mass is 16.5. The summed E-state index contributed by atoms with van der Waals surface area (Å²) in [5.41, 5.74) is -0.526. The lowest BCUT2D eigenvalue weighted by molar-refractivity contribution is 0.0600. The van der Waals surface area contributed by atoms with Crippen molar-refractivity contribution in [2.24, 2.45) is 0 Å². The summed E-state index contributed by atoms with van der Waals surface area (Å²) in [5, 5.41) is 8.65. The molecule has 0 aliphatic heterocycles. The summed E-state index contributed by atoms with van der Waals surface area (Å²) in [6.07, 6.45) is 0.360. The van der Waals surface area contributed by atoms with E-state index in [1.807, 2.05) is 0 Å². The Morgan fingerprint density at radius 3 is 2.60 bits per heavy atom. The first-order valence-corrected chi connectivity index (χ1v) is 3.87. The van der Waals surface area contributed by atoms with Crippen molar-refractivity contribution < 1.29 is 24.2 Å². The second-order valence-electron chi connectivity index (χ2n) is 2.58. The largest absolute Gasteiger partial charge is 0.477 e. The minimum Gasteiger partial charge on any atom is -0.477 e. The third kappa shape index (κ3) is 2.37. The van der Waals surface area contributed by atoms with Gasteiger partial charge in [0.15, 0.2) is 6.29 Å². The van der Waals surface area contributed by atoms with E-state index in [0.717, 1.165) is 19.2 Å². The Morgan fingerprint density at radius 2 is 2.13 bits per heavy atom. The maximum atomic E-state index is 11.1. The van der Waals surface area contributed by atoms with Gasteiger partial charge in [0.05, 0.1) is 12.7 Å². The van der Waals surface area contributed by atoms with E-state index in [-0.39, 0.29) is 17.0 Å². The molecule has 1 rings (SSSR count). The fourth-order valence-electron chi connectivity index (χ4n) is 0.958. The molecule has 0 amide bonds. The lowest BCUT2D eigenvalue weighted by Gasteiger charge is -2.01. The molecule has 1 heterocycles. The Morgan fingerprint density at radius 1 is 1.47 bits per heavy atom. The van der Waals surface area contributed by atoms with Crippen molar-refractivity contribution >= 4 is 18.2 Å². The van der Waals surface area contributed by atoms with Crippen LogP contribution in [-0.4, -0.2) is 35.4 Å². The van der Waals surface area contributed by atoms with E-state index >= 15 is 0 Å². The third-order valence-electron chi connectivity index (χ3n) is 1.61. The van der Waals surface area contributed by atoms with Gasteiger partial charge in [0.2, 0.25) is 0 Å². The zero-order chi connectivity index (χ0) is 11.4. The number of esters is 1. The quantitative estimate of drug-likeness (QED) is 0.571. The number of aromatic nitrogens is 1. The standard InChI is InChI=1S/C9H7NO5/c1-15-9(14)5-2-6(4-11)10-7(3-5)8(12)13/h2-4H,1H3,(H,12,13). The fraction of sp³-hybridized carbons (Fsp3) is 0.111. The van der Waals surface area contributed by atoms with Crippen LogP contribution in [0.3, 0.4) is 0 Å². The summed E-state index contributed by atoms with van der Waals surface area (Å²) < 4.78 is 4.39. The molecule has 0 saturated carbocycles. The average molecular weight is 209 g/mol. The number of carbonyl (C=O) groups excluding carboxylic acids is 2. The maximum absolute atomic E-state index is 11.1. The van der Waals surface area contributed by atoms with Gasteiger partial charge >= 0.3 is 11.9 Å². The van der Waals surface area contributed by atoms with Crippen LogP contribution in [0.15, 0.2) is 12.1 Å². The molecule has 6 nitrogen and oxygen atoms in total. The van der Waals surface area contributed by atoms with E-state index in [1.165, 1.54) is 0 Å². The third-order valence-corrected chi connectivity index (χ3v) is 1.61. The molecule has 6 heteroatoms. The lowest BCUT2D eigenvalue weighted by atomic mass is 10.2. The number of aldehydes is 1. The molecule has 0 saturated heterocycles. The van der Waals surface area contributed by atoms with Crippen LogP contribution in [-0.2, 0) is 4.74 Å². The monoisotopic (exact) mass is 209 g/mol. The van der Waals surface area contributed by atoms with Crippen LogP contribution in [0.5, 0.6) is 0 Å². The van der Waals surface area contributed by atoms with Crippen molar-refractivity contribution in [3.8, 4) is 0 Å². The topological polar surface area (TPSA) is 93.6 Å². The van der Waals surface area contributed by atoms with Crippen molar-refractivity contribution in [2.45, 2.75) is 0 Å². The van der Waals surface area contributed by atoms with Crippen molar-refractivity contribution in [1.82, 2.24) is 4.98 Å². The highest BCUT2D eigenvalue weighted by Gasteiger charge is 2.13. The van der Waals surface area contributed by atoms with Crippen molar-refractivity contribution in [1.29, 1.82) is 0 Å².